The number of hydrogen-bond acceptors (Lipinski definition) is 5. The van der Waals surface area contributed by atoms with Crippen molar-refractivity contribution in [1.29, 1.82) is 0 Å². The zero-order valence-corrected chi connectivity index (χ0v) is 12.6. The van der Waals surface area contributed by atoms with Gasteiger partial charge in [0.15, 0.2) is 0 Å². The van der Waals surface area contributed by atoms with Crippen LogP contribution in [-0.2, 0) is 4.74 Å². The number of morpholine rings is 1. The Labute approximate surface area is 129 Å². The summed E-state index contributed by atoms with van der Waals surface area (Å²) < 4.78 is 5.35. The minimum absolute atomic E-state index is 0.282. The van der Waals surface area contributed by atoms with Crippen molar-refractivity contribution in [2.75, 3.05) is 44.7 Å². The Bertz CT molecular complexity index is 601. The molecule has 0 unspecified atom stereocenters. The number of hydrogen-bond donors (Lipinski definition) is 1. The molecule has 6 heteroatoms. The molecule has 2 aromatic rings. The molecule has 1 aliphatic heterocycles. The van der Waals surface area contributed by atoms with Crippen LogP contribution in [0.1, 0.15) is 6.42 Å². The first kappa shape index (κ1) is 14.5. The number of ether oxygens (including phenoxy) is 1. The molecular weight excluding hydrogens is 288 g/mol. The van der Waals surface area contributed by atoms with E-state index in [0.717, 1.165) is 62.5 Å². The molecule has 1 aromatic carbocycles. The third kappa shape index (κ3) is 3.81. The SMILES string of the molecule is Clc1nc(NCCCN2CCOCC2)c2ccccc2n1. The third-order valence-electron chi connectivity index (χ3n) is 3.62. The number of rotatable bonds is 5. The highest BCUT2D eigenvalue weighted by Crippen LogP contribution is 2.21. The Morgan fingerprint density at radius 1 is 1.19 bits per heavy atom. The number of nitrogens with zero attached hydrogens (tertiary/aromatic N) is 3. The zero-order valence-electron chi connectivity index (χ0n) is 11.9. The van der Waals surface area contributed by atoms with Crippen molar-refractivity contribution in [1.82, 2.24) is 14.9 Å². The second-order valence-electron chi connectivity index (χ2n) is 5.09. The summed E-state index contributed by atoms with van der Waals surface area (Å²) in [6.07, 6.45) is 1.07. The molecule has 1 saturated heterocycles. The van der Waals surface area contributed by atoms with Crippen LogP contribution in [0.5, 0.6) is 0 Å². The predicted molar refractivity (Wildman–Crippen MR) is 84.9 cm³/mol. The molecule has 1 aromatic heterocycles. The summed E-state index contributed by atoms with van der Waals surface area (Å²) in [6.45, 7) is 5.70. The van der Waals surface area contributed by atoms with Crippen molar-refractivity contribution in [3.63, 3.8) is 0 Å². The lowest BCUT2D eigenvalue weighted by Crippen LogP contribution is -2.37. The smallest absolute Gasteiger partial charge is 0.224 e. The molecular formula is C15H19ClN4O. The highest BCUT2D eigenvalue weighted by molar-refractivity contribution is 6.28. The molecule has 1 fully saturated rings. The average molecular weight is 307 g/mol. The van der Waals surface area contributed by atoms with Crippen LogP contribution in [0.25, 0.3) is 10.9 Å². The number of nitrogens with one attached hydrogen (secondary N) is 1. The van der Waals surface area contributed by atoms with Crippen molar-refractivity contribution in [3.05, 3.63) is 29.5 Å². The molecule has 2 heterocycles. The first-order valence-corrected chi connectivity index (χ1v) is 7.67. The molecule has 3 rings (SSSR count). The van der Waals surface area contributed by atoms with Crippen LogP contribution in [0, 0.1) is 0 Å². The maximum Gasteiger partial charge on any atom is 0.224 e. The van der Waals surface area contributed by atoms with E-state index in [9.17, 15) is 0 Å². The van der Waals surface area contributed by atoms with Gasteiger partial charge in [-0.1, -0.05) is 12.1 Å². The fraction of sp³-hybridized carbons (Fsp3) is 0.467. The van der Waals surface area contributed by atoms with E-state index >= 15 is 0 Å². The monoisotopic (exact) mass is 306 g/mol. The van der Waals surface area contributed by atoms with Gasteiger partial charge in [0.2, 0.25) is 5.28 Å². The van der Waals surface area contributed by atoms with Crippen LogP contribution in [0.3, 0.4) is 0 Å². The first-order valence-electron chi connectivity index (χ1n) is 7.29. The summed E-state index contributed by atoms with van der Waals surface area (Å²) >= 11 is 5.97. The van der Waals surface area contributed by atoms with E-state index in [-0.39, 0.29) is 5.28 Å². The lowest BCUT2D eigenvalue weighted by Gasteiger charge is -2.26. The van der Waals surface area contributed by atoms with Crippen LogP contribution in [0.2, 0.25) is 5.28 Å². The first-order chi connectivity index (χ1) is 10.3. The lowest BCUT2D eigenvalue weighted by atomic mass is 10.2. The maximum atomic E-state index is 5.97. The van der Waals surface area contributed by atoms with Crippen LogP contribution >= 0.6 is 11.6 Å². The van der Waals surface area contributed by atoms with Gasteiger partial charge in [0, 0.05) is 25.0 Å². The van der Waals surface area contributed by atoms with Crippen molar-refractivity contribution >= 4 is 28.3 Å². The summed E-state index contributed by atoms with van der Waals surface area (Å²) in [5.74, 6) is 0.813. The molecule has 0 amide bonds. The van der Waals surface area contributed by atoms with Gasteiger partial charge in [-0.2, -0.15) is 0 Å². The van der Waals surface area contributed by atoms with Crippen LogP contribution in [-0.4, -0.2) is 54.3 Å². The van der Waals surface area contributed by atoms with Crippen molar-refractivity contribution in [3.8, 4) is 0 Å². The quantitative estimate of drug-likeness (QED) is 0.679. The fourth-order valence-corrected chi connectivity index (χ4v) is 2.69. The second-order valence-corrected chi connectivity index (χ2v) is 5.43. The number of anilines is 1. The number of aromatic nitrogens is 2. The Morgan fingerprint density at radius 2 is 2.00 bits per heavy atom. The van der Waals surface area contributed by atoms with Crippen molar-refractivity contribution in [2.24, 2.45) is 0 Å². The average Bonchev–Trinajstić information content (AvgIpc) is 2.52. The predicted octanol–water partition coefficient (Wildman–Crippen LogP) is 2.42. The van der Waals surface area contributed by atoms with E-state index in [1.807, 2.05) is 24.3 Å². The normalized spacial score (nSPS) is 16.2. The molecule has 21 heavy (non-hydrogen) atoms. The van der Waals surface area contributed by atoms with Gasteiger partial charge in [-0.15, -0.1) is 0 Å². The minimum atomic E-state index is 0.282. The molecule has 5 nitrogen and oxygen atoms in total. The topological polar surface area (TPSA) is 50.3 Å². The van der Waals surface area contributed by atoms with Gasteiger partial charge in [0.25, 0.3) is 0 Å². The molecule has 0 spiro atoms. The summed E-state index contributed by atoms with van der Waals surface area (Å²) in [4.78, 5) is 11.0. The Morgan fingerprint density at radius 3 is 2.86 bits per heavy atom. The highest BCUT2D eigenvalue weighted by Gasteiger charge is 2.10. The number of benzene rings is 1. The summed E-state index contributed by atoms with van der Waals surface area (Å²) in [6, 6.07) is 7.89. The fourth-order valence-electron chi connectivity index (χ4n) is 2.52. The van der Waals surface area contributed by atoms with E-state index in [2.05, 4.69) is 20.2 Å². The maximum absolute atomic E-state index is 5.97. The molecule has 0 saturated carbocycles. The summed E-state index contributed by atoms with van der Waals surface area (Å²) in [7, 11) is 0. The van der Waals surface area contributed by atoms with Gasteiger partial charge in [0.05, 0.1) is 18.7 Å². The van der Waals surface area contributed by atoms with Gasteiger partial charge >= 0.3 is 0 Å². The van der Waals surface area contributed by atoms with Crippen LogP contribution in [0.4, 0.5) is 5.82 Å². The largest absolute Gasteiger partial charge is 0.379 e. The molecule has 112 valence electrons. The van der Waals surface area contributed by atoms with E-state index in [0.29, 0.717) is 0 Å². The lowest BCUT2D eigenvalue weighted by molar-refractivity contribution is 0.0378. The standard InChI is InChI=1S/C15H19ClN4O/c16-15-18-13-5-2-1-4-12(13)14(19-15)17-6-3-7-20-8-10-21-11-9-20/h1-2,4-5H,3,6-11H2,(H,17,18,19). The van der Waals surface area contributed by atoms with Gasteiger partial charge in [-0.3, -0.25) is 4.90 Å². The third-order valence-corrected chi connectivity index (χ3v) is 3.79. The number of halogens is 1. The molecule has 1 N–H and O–H groups in total. The highest BCUT2D eigenvalue weighted by atomic mass is 35.5. The molecule has 0 aliphatic carbocycles. The van der Waals surface area contributed by atoms with Gasteiger partial charge in [0.1, 0.15) is 5.82 Å². The Hall–Kier alpha value is -1.43. The van der Waals surface area contributed by atoms with Gasteiger partial charge in [-0.05, 0) is 36.7 Å². The Kier molecular flexibility index (Phi) is 4.85. The van der Waals surface area contributed by atoms with Gasteiger partial charge < -0.3 is 10.1 Å². The minimum Gasteiger partial charge on any atom is -0.379 e. The summed E-state index contributed by atoms with van der Waals surface area (Å²) in [5, 5.41) is 4.66. The Balaban J connectivity index is 1.57. The number of fused-ring (bicyclic) bond motifs is 1. The van der Waals surface area contributed by atoms with E-state index in [4.69, 9.17) is 16.3 Å². The molecule has 1 aliphatic rings. The second kappa shape index (κ2) is 7.02. The zero-order chi connectivity index (χ0) is 14.5. The van der Waals surface area contributed by atoms with Crippen LogP contribution in [0.15, 0.2) is 24.3 Å². The number of para-hydroxylation sites is 1. The molecule has 0 radical (unpaired) electrons. The summed E-state index contributed by atoms with van der Waals surface area (Å²) in [5.41, 5.74) is 0.869. The molecule has 0 bridgehead atoms. The van der Waals surface area contributed by atoms with Gasteiger partial charge in [-0.25, -0.2) is 9.97 Å². The van der Waals surface area contributed by atoms with Crippen molar-refractivity contribution < 1.29 is 4.74 Å². The molecule has 0 atom stereocenters. The van der Waals surface area contributed by atoms with Crippen molar-refractivity contribution in [2.45, 2.75) is 6.42 Å². The van der Waals surface area contributed by atoms with E-state index < -0.39 is 0 Å². The van der Waals surface area contributed by atoms with E-state index in [1.165, 1.54) is 0 Å². The van der Waals surface area contributed by atoms with E-state index in [1.54, 1.807) is 0 Å². The van der Waals surface area contributed by atoms with Crippen LogP contribution < -0.4 is 5.32 Å².